The molecule has 6 atom stereocenters. The van der Waals surface area contributed by atoms with Crippen LogP contribution in [-0.4, -0.2) is 74.1 Å². The van der Waals surface area contributed by atoms with Crippen molar-refractivity contribution in [3.63, 3.8) is 0 Å². The largest absolute Gasteiger partial charge is 0.482 e. The lowest BCUT2D eigenvalue weighted by Gasteiger charge is -2.37. The second-order valence-corrected chi connectivity index (χ2v) is 13.4. The van der Waals surface area contributed by atoms with Crippen molar-refractivity contribution in [2.45, 2.75) is 83.1 Å². The van der Waals surface area contributed by atoms with Gasteiger partial charge in [0.25, 0.3) is 5.91 Å². The summed E-state index contributed by atoms with van der Waals surface area (Å²) in [4.78, 5) is 38.7. The number of amides is 2. The van der Waals surface area contributed by atoms with E-state index in [0.29, 0.717) is 48.6 Å². The summed E-state index contributed by atoms with van der Waals surface area (Å²) in [5, 5.41) is 4.10. The van der Waals surface area contributed by atoms with Crippen LogP contribution in [0.1, 0.15) is 73.2 Å². The Morgan fingerprint density at radius 2 is 1.96 bits per heavy atom. The Morgan fingerprint density at radius 1 is 1.11 bits per heavy atom. The van der Waals surface area contributed by atoms with Crippen LogP contribution in [0.3, 0.4) is 0 Å². The van der Waals surface area contributed by atoms with Crippen molar-refractivity contribution in [1.29, 1.82) is 0 Å². The van der Waals surface area contributed by atoms with Crippen molar-refractivity contribution in [3.8, 4) is 17.3 Å². The van der Waals surface area contributed by atoms with Gasteiger partial charge in [-0.05, 0) is 82.1 Å². The van der Waals surface area contributed by atoms with E-state index in [4.69, 9.17) is 25.2 Å². The van der Waals surface area contributed by atoms with Crippen LogP contribution in [0.4, 0.5) is 0 Å². The van der Waals surface area contributed by atoms with Crippen LogP contribution < -0.4 is 15.8 Å². The summed E-state index contributed by atoms with van der Waals surface area (Å²) in [6.07, 6.45) is 5.42. The fraction of sp³-hybridized carbons (Fsp3) is 0.529. The zero-order valence-electron chi connectivity index (χ0n) is 26.2. The number of nitrogens with zero attached hydrogens (tertiary/aromatic N) is 5. The Kier molecular flexibility index (Phi) is 6.87. The summed E-state index contributed by atoms with van der Waals surface area (Å²) in [5.74, 6) is 1.42. The third kappa shape index (κ3) is 4.62. The molecule has 11 nitrogen and oxygen atoms in total. The first-order valence-corrected chi connectivity index (χ1v) is 16.3. The summed E-state index contributed by atoms with van der Waals surface area (Å²) >= 11 is 0. The first kappa shape index (κ1) is 28.5. The van der Waals surface area contributed by atoms with Gasteiger partial charge in [-0.15, -0.1) is 0 Å². The molecule has 0 unspecified atom stereocenters. The average Bonchev–Trinajstić information content (AvgIpc) is 3.77. The number of aromatic nitrogens is 4. The molecule has 4 aliphatic rings. The molecule has 0 spiro atoms. The molecule has 2 saturated heterocycles. The minimum absolute atomic E-state index is 0.00286. The van der Waals surface area contributed by atoms with Crippen molar-refractivity contribution in [1.82, 2.24) is 29.2 Å². The molecule has 4 aromatic heterocycles. The maximum absolute atomic E-state index is 13.8. The normalized spacial score (nSPS) is 28.3. The average molecular weight is 612 g/mol. The van der Waals surface area contributed by atoms with Gasteiger partial charge >= 0.3 is 0 Å². The van der Waals surface area contributed by atoms with E-state index in [-0.39, 0.29) is 36.0 Å². The number of hydrogen-bond donors (Lipinski definition) is 2. The Hall–Kier alpha value is -3.96. The summed E-state index contributed by atoms with van der Waals surface area (Å²) in [6.45, 7) is 5.89. The molecule has 4 bridgehead atoms. The van der Waals surface area contributed by atoms with Gasteiger partial charge in [0.15, 0.2) is 5.88 Å². The number of pyridine rings is 2. The number of hydrogen-bond acceptors (Lipinski definition) is 7. The second kappa shape index (κ2) is 10.8. The lowest BCUT2D eigenvalue weighted by atomic mass is 9.74. The minimum Gasteiger partial charge on any atom is -0.482 e. The van der Waals surface area contributed by atoms with E-state index in [9.17, 15) is 9.59 Å². The van der Waals surface area contributed by atoms with Gasteiger partial charge in [-0.2, -0.15) is 0 Å². The fourth-order valence-electron chi connectivity index (χ4n) is 8.18. The Balaban J connectivity index is 1.24. The van der Waals surface area contributed by atoms with Crippen LogP contribution in [0.15, 0.2) is 30.3 Å². The summed E-state index contributed by atoms with van der Waals surface area (Å²) in [5.41, 5.74) is 12.0. The van der Waals surface area contributed by atoms with Crippen LogP contribution >= 0.6 is 0 Å². The summed E-state index contributed by atoms with van der Waals surface area (Å²) in [6, 6.07) is 10.1. The number of aryl methyl sites for hydroxylation is 1. The number of carbonyl (C=O) groups excluding carboxylic acids is 2. The molecule has 3 fully saturated rings. The Labute approximate surface area is 262 Å². The van der Waals surface area contributed by atoms with Gasteiger partial charge in [-0.3, -0.25) is 14.0 Å². The molecule has 1 aliphatic carbocycles. The number of carbonyl (C=O) groups is 2. The van der Waals surface area contributed by atoms with Crippen LogP contribution in [0.2, 0.25) is 0 Å². The molecular formula is C34H41N7O4. The van der Waals surface area contributed by atoms with Gasteiger partial charge in [0.1, 0.15) is 17.0 Å². The van der Waals surface area contributed by atoms with Crippen molar-refractivity contribution in [3.05, 3.63) is 47.3 Å². The highest BCUT2D eigenvalue weighted by Crippen LogP contribution is 2.41. The molecule has 8 rings (SSSR count). The van der Waals surface area contributed by atoms with Gasteiger partial charge in [0.2, 0.25) is 5.91 Å². The standard InChI is InChI=1S/C34H41N7O4/c1-18-26-8-6-20-12-28(39(33(20)37-26)16-21-4-5-22(21)17-45-11-10-30(42)36-18)32-19(2)40-29(38-32)13-23(14-31(40)44-3)34(43)41-24-7-9-27(41)25(35)15-24/h6,8,12-14,18,21-22,24-25,27H,4-5,7,9-11,15-17,35H2,1-3H3,(H,36,42)/t18-,21-,22+,24+,25-,27-/m1/s1. The van der Waals surface area contributed by atoms with E-state index in [1.54, 1.807) is 7.11 Å². The first-order chi connectivity index (χ1) is 21.8. The van der Waals surface area contributed by atoms with Gasteiger partial charge in [0.05, 0.1) is 36.8 Å². The van der Waals surface area contributed by atoms with Crippen molar-refractivity contribution < 1.29 is 19.1 Å². The predicted molar refractivity (Wildman–Crippen MR) is 169 cm³/mol. The van der Waals surface area contributed by atoms with Crippen molar-refractivity contribution in [2.75, 3.05) is 20.3 Å². The van der Waals surface area contributed by atoms with Crippen molar-refractivity contribution >= 4 is 28.5 Å². The highest BCUT2D eigenvalue weighted by atomic mass is 16.5. The van der Waals surface area contributed by atoms with Crippen LogP contribution in [0.25, 0.3) is 28.1 Å². The number of nitrogens with one attached hydrogen (secondary N) is 1. The maximum atomic E-state index is 13.8. The maximum Gasteiger partial charge on any atom is 0.254 e. The van der Waals surface area contributed by atoms with Gasteiger partial charge in [-0.1, -0.05) is 0 Å². The van der Waals surface area contributed by atoms with Gasteiger partial charge in [0, 0.05) is 54.7 Å². The summed E-state index contributed by atoms with van der Waals surface area (Å²) < 4.78 is 16.1. The van der Waals surface area contributed by atoms with Crippen LogP contribution in [0.5, 0.6) is 5.88 Å². The fourth-order valence-corrected chi connectivity index (χ4v) is 8.18. The van der Waals surface area contributed by atoms with E-state index >= 15 is 0 Å². The number of fused-ring (bicyclic) bond motifs is 5. The quantitative estimate of drug-likeness (QED) is 0.358. The molecule has 2 amide bonds. The Bertz CT molecular complexity index is 1830. The molecular weight excluding hydrogens is 570 g/mol. The third-order valence-electron chi connectivity index (χ3n) is 10.8. The molecule has 7 heterocycles. The zero-order valence-corrected chi connectivity index (χ0v) is 26.2. The van der Waals surface area contributed by atoms with Crippen LogP contribution in [0, 0.1) is 18.8 Å². The number of methoxy groups -OCH3 is 1. The van der Waals surface area contributed by atoms with E-state index < -0.39 is 0 Å². The number of nitrogens with two attached hydrogens (primary N) is 1. The Morgan fingerprint density at radius 3 is 2.69 bits per heavy atom. The second-order valence-electron chi connectivity index (χ2n) is 13.4. The molecule has 4 aromatic rings. The van der Waals surface area contributed by atoms with Gasteiger partial charge in [-0.25, -0.2) is 9.97 Å². The molecule has 236 valence electrons. The SMILES string of the molecule is COc1cc(C(=O)N2[C@H]3CC[C@@H]2[C@H](N)C3)cc2nc(-c3cc4ccc5nc4n3C[C@H]3CC[C@H]3COCCC(=O)N[C@@H]5C)c(C)n12. The van der Waals surface area contributed by atoms with E-state index in [1.807, 2.05) is 41.3 Å². The number of ether oxygens (including phenoxy) is 2. The number of rotatable bonds is 3. The lowest BCUT2D eigenvalue weighted by Crippen LogP contribution is -2.40. The topological polar surface area (TPSA) is 129 Å². The smallest absolute Gasteiger partial charge is 0.254 e. The van der Waals surface area contributed by atoms with Crippen LogP contribution in [-0.2, 0) is 16.1 Å². The molecule has 3 N–H and O–H groups in total. The lowest BCUT2D eigenvalue weighted by molar-refractivity contribution is -0.123. The number of imidazole rings is 1. The van der Waals surface area contributed by atoms with E-state index in [0.717, 1.165) is 72.5 Å². The van der Waals surface area contributed by atoms with Crippen molar-refractivity contribution in [2.24, 2.45) is 17.6 Å². The van der Waals surface area contributed by atoms with Gasteiger partial charge < -0.3 is 30.0 Å². The minimum atomic E-state index is -0.231. The zero-order chi connectivity index (χ0) is 31.0. The first-order valence-electron chi connectivity index (χ1n) is 16.3. The molecule has 1 saturated carbocycles. The monoisotopic (exact) mass is 611 g/mol. The molecule has 11 heteroatoms. The molecule has 0 radical (unpaired) electrons. The third-order valence-corrected chi connectivity index (χ3v) is 10.8. The predicted octanol–water partition coefficient (Wildman–Crippen LogP) is 4.00. The highest BCUT2D eigenvalue weighted by Gasteiger charge is 2.47. The van der Waals surface area contributed by atoms with E-state index in [2.05, 4.69) is 22.0 Å². The molecule has 0 aromatic carbocycles. The highest BCUT2D eigenvalue weighted by molar-refractivity contribution is 5.97. The van der Waals surface area contributed by atoms with E-state index in [1.165, 1.54) is 0 Å². The summed E-state index contributed by atoms with van der Waals surface area (Å²) in [7, 11) is 1.63. The molecule has 3 aliphatic heterocycles. The molecule has 45 heavy (non-hydrogen) atoms.